The fourth-order valence-corrected chi connectivity index (χ4v) is 1.98. The SMILES string of the molecule is CNCCn1nnnc1SCCCC(=O)OC. The van der Waals surface area contributed by atoms with Gasteiger partial charge in [-0.15, -0.1) is 5.10 Å². The van der Waals surface area contributed by atoms with Gasteiger partial charge in [0.15, 0.2) is 0 Å². The van der Waals surface area contributed by atoms with E-state index < -0.39 is 0 Å². The van der Waals surface area contributed by atoms with Crippen LogP contribution in [0.4, 0.5) is 0 Å². The highest BCUT2D eigenvalue weighted by molar-refractivity contribution is 7.99. The number of tetrazole rings is 1. The van der Waals surface area contributed by atoms with Gasteiger partial charge in [0.05, 0.1) is 13.7 Å². The van der Waals surface area contributed by atoms with E-state index in [9.17, 15) is 4.79 Å². The first-order valence-corrected chi connectivity index (χ1v) is 6.37. The van der Waals surface area contributed by atoms with Crippen molar-refractivity contribution < 1.29 is 9.53 Å². The van der Waals surface area contributed by atoms with Crippen LogP contribution >= 0.6 is 11.8 Å². The second-order valence-electron chi connectivity index (χ2n) is 3.32. The van der Waals surface area contributed by atoms with Crippen LogP contribution in [-0.2, 0) is 16.1 Å². The molecule has 0 aliphatic rings. The number of aromatic nitrogens is 4. The van der Waals surface area contributed by atoms with E-state index >= 15 is 0 Å². The Kier molecular flexibility index (Phi) is 6.56. The molecule has 0 aliphatic heterocycles. The summed E-state index contributed by atoms with van der Waals surface area (Å²) < 4.78 is 6.31. The summed E-state index contributed by atoms with van der Waals surface area (Å²) in [4.78, 5) is 10.9. The van der Waals surface area contributed by atoms with Crippen molar-refractivity contribution in [3.05, 3.63) is 0 Å². The molecule has 17 heavy (non-hydrogen) atoms. The average molecular weight is 259 g/mol. The lowest BCUT2D eigenvalue weighted by atomic mass is 10.3. The minimum Gasteiger partial charge on any atom is -0.469 e. The van der Waals surface area contributed by atoms with E-state index in [0.29, 0.717) is 6.42 Å². The van der Waals surface area contributed by atoms with Crippen molar-refractivity contribution in [2.45, 2.75) is 24.5 Å². The molecule has 1 aromatic rings. The lowest BCUT2D eigenvalue weighted by Crippen LogP contribution is -2.16. The molecule has 7 nitrogen and oxygen atoms in total. The number of hydrogen-bond acceptors (Lipinski definition) is 7. The monoisotopic (exact) mass is 259 g/mol. The van der Waals surface area contributed by atoms with Gasteiger partial charge in [-0.1, -0.05) is 11.8 Å². The van der Waals surface area contributed by atoms with Gasteiger partial charge >= 0.3 is 5.97 Å². The molecule has 0 fully saturated rings. The highest BCUT2D eigenvalue weighted by Gasteiger charge is 2.06. The highest BCUT2D eigenvalue weighted by atomic mass is 32.2. The van der Waals surface area contributed by atoms with Crippen LogP contribution in [0.1, 0.15) is 12.8 Å². The number of methoxy groups -OCH3 is 1. The van der Waals surface area contributed by atoms with Crippen LogP contribution < -0.4 is 5.32 Å². The number of carbonyl (C=O) groups excluding carboxylic acids is 1. The number of nitrogens with zero attached hydrogens (tertiary/aromatic N) is 4. The molecule has 0 unspecified atom stereocenters. The van der Waals surface area contributed by atoms with Crippen molar-refractivity contribution in [1.29, 1.82) is 0 Å². The quantitative estimate of drug-likeness (QED) is 0.398. The second kappa shape index (κ2) is 8.02. The van der Waals surface area contributed by atoms with Crippen LogP contribution in [-0.4, -0.2) is 52.6 Å². The van der Waals surface area contributed by atoms with Gasteiger partial charge in [0.25, 0.3) is 0 Å². The van der Waals surface area contributed by atoms with Gasteiger partial charge in [-0.05, 0) is 23.9 Å². The smallest absolute Gasteiger partial charge is 0.305 e. The number of thioether (sulfide) groups is 1. The molecular formula is C9H17N5O2S. The topological polar surface area (TPSA) is 81.9 Å². The van der Waals surface area contributed by atoms with Crippen LogP contribution in [0, 0.1) is 0 Å². The Morgan fingerprint density at radius 1 is 1.59 bits per heavy atom. The summed E-state index contributed by atoms with van der Waals surface area (Å²) in [6, 6.07) is 0. The fraction of sp³-hybridized carbons (Fsp3) is 0.778. The van der Waals surface area contributed by atoms with E-state index in [1.807, 2.05) is 7.05 Å². The van der Waals surface area contributed by atoms with Gasteiger partial charge in [-0.3, -0.25) is 4.79 Å². The van der Waals surface area contributed by atoms with Crippen molar-refractivity contribution in [2.24, 2.45) is 0 Å². The highest BCUT2D eigenvalue weighted by Crippen LogP contribution is 2.15. The summed E-state index contributed by atoms with van der Waals surface area (Å²) in [6.45, 7) is 1.56. The maximum absolute atomic E-state index is 10.9. The molecule has 0 amide bonds. The van der Waals surface area contributed by atoms with Gasteiger partial charge in [0.1, 0.15) is 0 Å². The average Bonchev–Trinajstić information content (AvgIpc) is 2.79. The molecule has 0 saturated heterocycles. The number of likely N-dealkylation sites (N-methyl/N-ethyl adjacent to an activating group) is 1. The van der Waals surface area contributed by atoms with E-state index in [-0.39, 0.29) is 5.97 Å². The number of esters is 1. The van der Waals surface area contributed by atoms with Crippen molar-refractivity contribution in [1.82, 2.24) is 25.5 Å². The van der Waals surface area contributed by atoms with E-state index in [2.05, 4.69) is 25.6 Å². The van der Waals surface area contributed by atoms with Crippen LogP contribution in [0.3, 0.4) is 0 Å². The molecule has 96 valence electrons. The van der Waals surface area contributed by atoms with E-state index in [4.69, 9.17) is 0 Å². The normalized spacial score (nSPS) is 10.5. The Balaban J connectivity index is 2.26. The minimum atomic E-state index is -0.180. The van der Waals surface area contributed by atoms with Crippen LogP contribution in [0.2, 0.25) is 0 Å². The first-order chi connectivity index (χ1) is 8.27. The number of carbonyl (C=O) groups is 1. The number of hydrogen-bond donors (Lipinski definition) is 1. The van der Waals surface area contributed by atoms with Crippen molar-refractivity contribution in [3.8, 4) is 0 Å². The summed E-state index contributed by atoms with van der Waals surface area (Å²) in [6.07, 6.45) is 1.19. The van der Waals surface area contributed by atoms with Crippen LogP contribution in [0.5, 0.6) is 0 Å². The van der Waals surface area contributed by atoms with Gasteiger partial charge < -0.3 is 10.1 Å². The van der Waals surface area contributed by atoms with Gasteiger partial charge in [0.2, 0.25) is 5.16 Å². The maximum Gasteiger partial charge on any atom is 0.305 e. The third kappa shape index (κ3) is 5.14. The minimum absolute atomic E-state index is 0.180. The molecule has 0 aliphatic carbocycles. The Morgan fingerprint density at radius 3 is 3.12 bits per heavy atom. The van der Waals surface area contributed by atoms with E-state index in [1.54, 1.807) is 16.4 Å². The van der Waals surface area contributed by atoms with E-state index in [0.717, 1.165) is 30.4 Å². The van der Waals surface area contributed by atoms with E-state index in [1.165, 1.54) is 7.11 Å². The van der Waals surface area contributed by atoms with Crippen molar-refractivity contribution in [3.63, 3.8) is 0 Å². The third-order valence-electron chi connectivity index (χ3n) is 2.06. The lowest BCUT2D eigenvalue weighted by molar-refractivity contribution is -0.140. The predicted octanol–water partition coefficient (Wildman–Crippen LogP) is -0.0622. The Labute approximate surface area is 104 Å². The molecule has 0 atom stereocenters. The zero-order chi connectivity index (χ0) is 12.5. The number of rotatable bonds is 8. The van der Waals surface area contributed by atoms with Crippen molar-refractivity contribution in [2.75, 3.05) is 26.5 Å². The standard InChI is InChI=1S/C9H17N5O2S/c1-10-5-6-14-9(11-12-13-14)17-7-3-4-8(15)16-2/h10H,3-7H2,1-2H3. The number of nitrogens with one attached hydrogen (secondary N) is 1. The molecular weight excluding hydrogens is 242 g/mol. The van der Waals surface area contributed by atoms with Gasteiger partial charge in [-0.2, -0.15) is 0 Å². The first kappa shape index (κ1) is 13.9. The first-order valence-electron chi connectivity index (χ1n) is 5.38. The third-order valence-corrected chi connectivity index (χ3v) is 3.10. The lowest BCUT2D eigenvalue weighted by Gasteiger charge is -2.03. The Bertz CT molecular complexity index is 344. The van der Waals surface area contributed by atoms with Crippen LogP contribution in [0.15, 0.2) is 5.16 Å². The van der Waals surface area contributed by atoms with Crippen molar-refractivity contribution >= 4 is 17.7 Å². The molecule has 8 heteroatoms. The molecule has 0 bridgehead atoms. The summed E-state index contributed by atoms with van der Waals surface area (Å²) in [7, 11) is 3.28. The molecule has 1 aromatic heterocycles. The second-order valence-corrected chi connectivity index (χ2v) is 4.38. The molecule has 1 heterocycles. The molecule has 0 saturated carbocycles. The van der Waals surface area contributed by atoms with Gasteiger partial charge in [0, 0.05) is 18.7 Å². The maximum atomic E-state index is 10.9. The van der Waals surface area contributed by atoms with Gasteiger partial charge in [-0.25, -0.2) is 4.68 Å². The summed E-state index contributed by atoms with van der Waals surface area (Å²) in [5.74, 6) is 0.620. The summed E-state index contributed by atoms with van der Waals surface area (Å²) >= 11 is 1.55. The Hall–Kier alpha value is -1.15. The fourth-order valence-electron chi connectivity index (χ4n) is 1.14. The molecule has 1 rings (SSSR count). The van der Waals surface area contributed by atoms with Crippen LogP contribution in [0.25, 0.3) is 0 Å². The summed E-state index contributed by atoms with van der Waals surface area (Å²) in [5.41, 5.74) is 0. The largest absolute Gasteiger partial charge is 0.469 e. The zero-order valence-electron chi connectivity index (χ0n) is 10.0. The molecule has 0 radical (unpaired) electrons. The Morgan fingerprint density at radius 2 is 2.41 bits per heavy atom. The predicted molar refractivity (Wildman–Crippen MR) is 63.7 cm³/mol. The molecule has 0 spiro atoms. The zero-order valence-corrected chi connectivity index (χ0v) is 10.9. The molecule has 1 N–H and O–H groups in total. The number of ether oxygens (including phenoxy) is 1. The molecule has 0 aromatic carbocycles. The summed E-state index contributed by atoms with van der Waals surface area (Å²) in [5, 5.41) is 15.3.